The minimum Gasteiger partial charge on any atom is -0.454 e. The molecule has 2 aromatic rings. The van der Waals surface area contributed by atoms with Gasteiger partial charge in [0.2, 0.25) is 16.8 Å². The first kappa shape index (κ1) is 19.2. The second kappa shape index (κ2) is 8.11. The summed E-state index contributed by atoms with van der Waals surface area (Å²) in [5, 5.41) is 0. The van der Waals surface area contributed by atoms with E-state index in [0.717, 1.165) is 36.4 Å². The summed E-state index contributed by atoms with van der Waals surface area (Å²) in [4.78, 5) is 2.66. The zero-order valence-electron chi connectivity index (χ0n) is 16.1. The standard InChI is InChI=1S/C21H26N2O4S/c1-2-3-17-4-7-19(8-5-17)28(24,25)23-12-10-22(11-13-23)15-18-6-9-20-21(14-18)27-16-26-20/h4-9,14H,2-3,10-13,15-16H2,1H3. The Morgan fingerprint density at radius 1 is 0.893 bits per heavy atom. The third-order valence-corrected chi connectivity index (χ3v) is 7.19. The second-order valence-corrected chi connectivity index (χ2v) is 9.20. The minimum absolute atomic E-state index is 0.273. The number of piperazine rings is 1. The number of benzene rings is 2. The molecule has 0 saturated carbocycles. The highest BCUT2D eigenvalue weighted by atomic mass is 32.2. The average Bonchev–Trinajstić information content (AvgIpc) is 3.17. The maximum atomic E-state index is 12.9. The van der Waals surface area contributed by atoms with E-state index in [1.54, 1.807) is 16.4 Å². The van der Waals surface area contributed by atoms with Crippen molar-refractivity contribution in [2.75, 3.05) is 33.0 Å². The molecule has 6 nitrogen and oxygen atoms in total. The number of nitrogens with zero attached hydrogens (tertiary/aromatic N) is 2. The Labute approximate surface area is 166 Å². The number of rotatable bonds is 6. The third kappa shape index (κ3) is 4.01. The van der Waals surface area contributed by atoms with Gasteiger partial charge < -0.3 is 9.47 Å². The van der Waals surface area contributed by atoms with Gasteiger partial charge in [-0.25, -0.2) is 8.42 Å². The first-order valence-corrected chi connectivity index (χ1v) is 11.2. The van der Waals surface area contributed by atoms with Gasteiger partial charge in [-0.2, -0.15) is 4.31 Å². The van der Waals surface area contributed by atoms with Crippen LogP contribution in [0.1, 0.15) is 24.5 Å². The highest BCUT2D eigenvalue weighted by Crippen LogP contribution is 2.33. The molecular weight excluding hydrogens is 376 g/mol. The number of sulfonamides is 1. The molecular formula is C21H26N2O4S. The number of hydrogen-bond donors (Lipinski definition) is 0. The molecule has 0 atom stereocenters. The molecule has 0 aromatic heterocycles. The summed E-state index contributed by atoms with van der Waals surface area (Å²) in [6.07, 6.45) is 2.02. The predicted octanol–water partition coefficient (Wildman–Crippen LogP) is 2.87. The molecule has 150 valence electrons. The van der Waals surface area contributed by atoms with Crippen LogP contribution in [0.3, 0.4) is 0 Å². The van der Waals surface area contributed by atoms with Crippen molar-refractivity contribution in [3.63, 3.8) is 0 Å². The van der Waals surface area contributed by atoms with Crippen molar-refractivity contribution in [2.45, 2.75) is 31.2 Å². The SMILES string of the molecule is CCCc1ccc(S(=O)(=O)N2CCN(Cc3ccc4c(c3)OCO4)CC2)cc1. The van der Waals surface area contributed by atoms with Crippen molar-refractivity contribution in [1.82, 2.24) is 9.21 Å². The molecule has 4 rings (SSSR count). The molecule has 7 heteroatoms. The second-order valence-electron chi connectivity index (χ2n) is 7.26. The Balaban J connectivity index is 1.36. The van der Waals surface area contributed by atoms with E-state index in [1.165, 1.54) is 5.56 Å². The van der Waals surface area contributed by atoms with E-state index in [-0.39, 0.29) is 6.79 Å². The van der Waals surface area contributed by atoms with Gasteiger partial charge in [0, 0.05) is 32.7 Å². The normalized spacial score (nSPS) is 17.8. The van der Waals surface area contributed by atoms with Crippen molar-refractivity contribution in [3.8, 4) is 11.5 Å². The topological polar surface area (TPSA) is 59.1 Å². The minimum atomic E-state index is -3.43. The van der Waals surface area contributed by atoms with E-state index >= 15 is 0 Å². The van der Waals surface area contributed by atoms with Gasteiger partial charge in [0.1, 0.15) is 0 Å². The van der Waals surface area contributed by atoms with Gasteiger partial charge >= 0.3 is 0 Å². The summed E-state index contributed by atoms with van der Waals surface area (Å²) in [6.45, 7) is 5.59. The van der Waals surface area contributed by atoms with Crippen LogP contribution in [0.15, 0.2) is 47.4 Å². The van der Waals surface area contributed by atoms with Gasteiger partial charge in [0.15, 0.2) is 11.5 Å². The number of aryl methyl sites for hydroxylation is 1. The molecule has 2 aromatic carbocycles. The van der Waals surface area contributed by atoms with Crippen LogP contribution in [0.5, 0.6) is 11.5 Å². The summed E-state index contributed by atoms with van der Waals surface area (Å²) in [5.41, 5.74) is 2.32. The predicted molar refractivity (Wildman–Crippen MR) is 107 cm³/mol. The average molecular weight is 403 g/mol. The zero-order chi connectivity index (χ0) is 19.6. The van der Waals surface area contributed by atoms with Crippen molar-refractivity contribution >= 4 is 10.0 Å². The van der Waals surface area contributed by atoms with Crippen molar-refractivity contribution in [2.24, 2.45) is 0 Å². The van der Waals surface area contributed by atoms with Crippen LogP contribution in [0.2, 0.25) is 0 Å². The van der Waals surface area contributed by atoms with Crippen LogP contribution in [-0.2, 0) is 23.0 Å². The van der Waals surface area contributed by atoms with Crippen molar-refractivity contribution in [1.29, 1.82) is 0 Å². The molecule has 0 N–H and O–H groups in total. The van der Waals surface area contributed by atoms with E-state index in [1.807, 2.05) is 30.3 Å². The molecule has 1 saturated heterocycles. The summed E-state index contributed by atoms with van der Waals surface area (Å²) in [7, 11) is -3.43. The third-order valence-electron chi connectivity index (χ3n) is 5.27. The van der Waals surface area contributed by atoms with E-state index in [0.29, 0.717) is 31.1 Å². The van der Waals surface area contributed by atoms with E-state index < -0.39 is 10.0 Å². The van der Waals surface area contributed by atoms with Gasteiger partial charge in [-0.15, -0.1) is 0 Å². The fourth-order valence-corrected chi connectivity index (χ4v) is 5.11. The highest BCUT2D eigenvalue weighted by molar-refractivity contribution is 7.89. The molecule has 0 radical (unpaired) electrons. The first-order chi connectivity index (χ1) is 13.6. The molecule has 0 bridgehead atoms. The lowest BCUT2D eigenvalue weighted by atomic mass is 10.1. The number of fused-ring (bicyclic) bond motifs is 1. The lowest BCUT2D eigenvalue weighted by molar-refractivity contribution is 0.173. The molecule has 2 aliphatic rings. The van der Waals surface area contributed by atoms with Gasteiger partial charge in [0.25, 0.3) is 0 Å². The molecule has 28 heavy (non-hydrogen) atoms. The van der Waals surface area contributed by atoms with Crippen LogP contribution in [0.4, 0.5) is 0 Å². The molecule has 2 aliphatic heterocycles. The van der Waals surface area contributed by atoms with E-state index in [2.05, 4.69) is 11.8 Å². The largest absolute Gasteiger partial charge is 0.454 e. The summed E-state index contributed by atoms with van der Waals surface area (Å²) in [6, 6.07) is 13.3. The maximum Gasteiger partial charge on any atom is 0.243 e. The number of ether oxygens (including phenoxy) is 2. The Kier molecular flexibility index (Phi) is 5.57. The van der Waals surface area contributed by atoms with Crippen LogP contribution < -0.4 is 9.47 Å². The van der Waals surface area contributed by atoms with E-state index in [9.17, 15) is 8.42 Å². The van der Waals surface area contributed by atoms with Crippen molar-refractivity contribution in [3.05, 3.63) is 53.6 Å². The fraction of sp³-hybridized carbons (Fsp3) is 0.429. The van der Waals surface area contributed by atoms with Gasteiger partial charge in [-0.1, -0.05) is 31.5 Å². The van der Waals surface area contributed by atoms with Gasteiger partial charge in [0.05, 0.1) is 4.90 Å². The molecule has 0 unspecified atom stereocenters. The molecule has 2 heterocycles. The summed E-state index contributed by atoms with van der Waals surface area (Å²) in [5.74, 6) is 1.56. The molecule has 0 spiro atoms. The summed E-state index contributed by atoms with van der Waals surface area (Å²) >= 11 is 0. The van der Waals surface area contributed by atoms with Crippen molar-refractivity contribution < 1.29 is 17.9 Å². The smallest absolute Gasteiger partial charge is 0.243 e. The maximum absolute atomic E-state index is 12.9. The molecule has 0 aliphatic carbocycles. The lowest BCUT2D eigenvalue weighted by Crippen LogP contribution is -2.48. The van der Waals surface area contributed by atoms with E-state index in [4.69, 9.17) is 9.47 Å². The van der Waals surface area contributed by atoms with Crippen LogP contribution in [-0.4, -0.2) is 50.6 Å². The van der Waals surface area contributed by atoms with Crippen LogP contribution in [0, 0.1) is 0 Å². The van der Waals surface area contributed by atoms with Crippen LogP contribution in [0.25, 0.3) is 0 Å². The first-order valence-electron chi connectivity index (χ1n) is 9.76. The summed E-state index contributed by atoms with van der Waals surface area (Å²) < 4.78 is 38.2. The van der Waals surface area contributed by atoms with Crippen LogP contribution >= 0.6 is 0 Å². The molecule has 0 amide bonds. The monoisotopic (exact) mass is 402 g/mol. The highest BCUT2D eigenvalue weighted by Gasteiger charge is 2.28. The quantitative estimate of drug-likeness (QED) is 0.744. The Morgan fingerprint density at radius 3 is 2.29 bits per heavy atom. The Bertz CT molecular complexity index is 920. The Hall–Kier alpha value is -2.09. The fourth-order valence-electron chi connectivity index (χ4n) is 3.69. The number of hydrogen-bond acceptors (Lipinski definition) is 5. The zero-order valence-corrected chi connectivity index (χ0v) is 17.0. The van der Waals surface area contributed by atoms with Gasteiger partial charge in [-0.3, -0.25) is 4.90 Å². The van der Waals surface area contributed by atoms with Gasteiger partial charge in [-0.05, 0) is 41.8 Å². The lowest BCUT2D eigenvalue weighted by Gasteiger charge is -2.34. The Morgan fingerprint density at radius 2 is 1.57 bits per heavy atom. The molecule has 1 fully saturated rings.